The summed E-state index contributed by atoms with van der Waals surface area (Å²) >= 11 is 0. The van der Waals surface area contributed by atoms with E-state index in [1.807, 2.05) is 0 Å². The van der Waals surface area contributed by atoms with E-state index < -0.39 is 88.1 Å². The van der Waals surface area contributed by atoms with Crippen molar-refractivity contribution in [3.8, 4) is 5.75 Å². The molecular formula is C22H23F3N4O6. The van der Waals surface area contributed by atoms with Gasteiger partial charge in [-0.1, -0.05) is 0 Å². The number of pyridine rings is 1. The minimum Gasteiger partial charge on any atom is -0.502 e. The molecule has 0 radical (unpaired) electrons. The number of halogens is 3. The lowest BCUT2D eigenvalue weighted by atomic mass is 10.0. The first-order chi connectivity index (χ1) is 16.5. The van der Waals surface area contributed by atoms with Gasteiger partial charge in [-0.05, 0) is 13.8 Å². The number of methoxy groups -OCH3 is 1. The van der Waals surface area contributed by atoms with E-state index in [1.54, 1.807) is 13.8 Å². The minimum atomic E-state index is -1.23. The van der Waals surface area contributed by atoms with E-state index in [4.69, 9.17) is 4.74 Å². The van der Waals surface area contributed by atoms with Crippen molar-refractivity contribution in [3.05, 3.63) is 62.8 Å². The van der Waals surface area contributed by atoms with Crippen LogP contribution in [0.5, 0.6) is 5.75 Å². The average Bonchev–Trinajstić information content (AvgIpc) is 2.87. The number of hydrogen-bond donors (Lipinski definition) is 3. The highest BCUT2D eigenvalue weighted by molar-refractivity contribution is 5.99. The van der Waals surface area contributed by atoms with Gasteiger partial charge in [-0.2, -0.15) is 0 Å². The molecule has 188 valence electrons. The molecule has 3 N–H and O–H groups in total. The van der Waals surface area contributed by atoms with E-state index in [1.165, 1.54) is 17.0 Å². The van der Waals surface area contributed by atoms with E-state index >= 15 is 0 Å². The van der Waals surface area contributed by atoms with E-state index in [-0.39, 0.29) is 6.67 Å². The minimum absolute atomic E-state index is 0.0412. The Bertz CT molecular complexity index is 1250. The lowest BCUT2D eigenvalue weighted by Crippen LogP contribution is -2.58. The second kappa shape index (κ2) is 8.89. The number of fused-ring (bicyclic) bond motifs is 4. The number of carbonyl (C=O) groups is 2. The molecule has 4 rings (SSSR count). The average molecular weight is 496 g/mol. The van der Waals surface area contributed by atoms with Crippen LogP contribution in [0.15, 0.2) is 23.1 Å². The van der Waals surface area contributed by atoms with Crippen LogP contribution in [0, 0.1) is 17.5 Å². The van der Waals surface area contributed by atoms with Crippen LogP contribution in [0.3, 0.4) is 0 Å². The van der Waals surface area contributed by atoms with Gasteiger partial charge in [0, 0.05) is 37.5 Å². The van der Waals surface area contributed by atoms with Gasteiger partial charge in [0.2, 0.25) is 5.43 Å². The number of nitrogens with zero attached hydrogens (tertiary/aromatic N) is 3. The van der Waals surface area contributed by atoms with E-state index in [9.17, 15) is 37.8 Å². The fourth-order valence-electron chi connectivity index (χ4n) is 4.47. The summed E-state index contributed by atoms with van der Waals surface area (Å²) in [7, 11) is 1.39. The number of aromatic nitrogens is 1. The molecule has 1 fully saturated rings. The number of ether oxygens (including phenoxy) is 1. The molecule has 0 aliphatic carbocycles. The second-order valence-corrected chi connectivity index (χ2v) is 8.47. The lowest BCUT2D eigenvalue weighted by Gasteiger charge is -2.42. The van der Waals surface area contributed by atoms with Crippen LogP contribution in [0.1, 0.15) is 40.3 Å². The third-order valence-electron chi connectivity index (χ3n) is 6.52. The van der Waals surface area contributed by atoms with Gasteiger partial charge in [-0.25, -0.2) is 13.2 Å². The van der Waals surface area contributed by atoms with Crippen molar-refractivity contribution in [1.82, 2.24) is 14.9 Å². The molecule has 13 heteroatoms. The molecule has 3 heterocycles. The Morgan fingerprint density at radius 2 is 1.80 bits per heavy atom. The van der Waals surface area contributed by atoms with Gasteiger partial charge in [-0.15, -0.1) is 0 Å². The van der Waals surface area contributed by atoms with Crippen LogP contribution in [0.2, 0.25) is 0 Å². The third kappa shape index (κ3) is 3.90. The Balaban J connectivity index is 1.74. The van der Waals surface area contributed by atoms with Gasteiger partial charge in [0.05, 0.1) is 12.1 Å². The number of benzene rings is 1. The Hall–Kier alpha value is -3.58. The molecule has 10 nitrogen and oxygen atoms in total. The first-order valence-electron chi connectivity index (χ1n) is 10.7. The molecule has 1 aromatic carbocycles. The van der Waals surface area contributed by atoms with E-state index in [0.717, 1.165) is 10.9 Å². The largest absolute Gasteiger partial charge is 0.502 e. The number of aliphatic hydroxyl groups is 1. The van der Waals surface area contributed by atoms with Crippen molar-refractivity contribution in [2.24, 2.45) is 0 Å². The Morgan fingerprint density at radius 1 is 1.17 bits per heavy atom. The van der Waals surface area contributed by atoms with Gasteiger partial charge in [0.1, 0.15) is 41.9 Å². The number of hydrogen-bond acceptors (Lipinski definition) is 7. The number of aliphatic hydroxyl groups excluding tert-OH is 1. The maximum absolute atomic E-state index is 13.9. The number of rotatable bonds is 4. The van der Waals surface area contributed by atoms with Gasteiger partial charge >= 0.3 is 0 Å². The molecular weight excluding hydrogens is 473 g/mol. The zero-order valence-corrected chi connectivity index (χ0v) is 19.0. The van der Waals surface area contributed by atoms with Crippen molar-refractivity contribution in [2.45, 2.75) is 44.7 Å². The monoisotopic (exact) mass is 496 g/mol. The second-order valence-electron chi connectivity index (χ2n) is 8.47. The summed E-state index contributed by atoms with van der Waals surface area (Å²) in [5.74, 6) is -6.41. The van der Waals surface area contributed by atoms with Crippen molar-refractivity contribution >= 4 is 11.8 Å². The van der Waals surface area contributed by atoms with Crippen LogP contribution < -0.4 is 15.8 Å². The molecule has 0 unspecified atom stereocenters. The topological polar surface area (TPSA) is 124 Å². The summed E-state index contributed by atoms with van der Waals surface area (Å²) < 4.78 is 47.5. The maximum Gasteiger partial charge on any atom is 0.278 e. The van der Waals surface area contributed by atoms with Crippen molar-refractivity contribution in [2.75, 3.05) is 18.8 Å². The fraction of sp³-hybridized carbons (Fsp3) is 0.409. The number of amides is 2. The maximum atomic E-state index is 13.9. The molecule has 2 bridgehead atoms. The SMILES string of the molecule is CO[C@H]1[C@@H](O)[C@H](C)N2CN([C@@H]1C)n1cc(C(=O)NCc3c(F)cc(F)cc3F)c(=O)c(O)c1C2=O. The summed E-state index contributed by atoms with van der Waals surface area (Å²) in [4.78, 5) is 39.9. The standard InChI is InChI=1S/C22H23F3N4O6/c1-9-17(30)20(35-3)10(2)29-8-27(9)22(34)16-19(32)18(31)13(7-28(16)29)21(33)26-6-12-14(24)4-11(23)5-15(12)25/h4-5,7,9-10,17,20,30,32H,6,8H2,1-3H3,(H,26,33)/t9-,10+,17-,20+/m0/s1. The van der Waals surface area contributed by atoms with Crippen LogP contribution in [0.25, 0.3) is 0 Å². The first kappa shape index (κ1) is 24.5. The van der Waals surface area contributed by atoms with Crippen LogP contribution in [-0.4, -0.2) is 69.7 Å². The lowest BCUT2D eigenvalue weighted by molar-refractivity contribution is -0.0432. The molecule has 2 aliphatic heterocycles. The highest BCUT2D eigenvalue weighted by atomic mass is 19.1. The molecule has 2 amide bonds. The van der Waals surface area contributed by atoms with Crippen LogP contribution >= 0.6 is 0 Å². The Kier molecular flexibility index (Phi) is 6.23. The number of aromatic hydroxyl groups is 1. The number of carbonyl (C=O) groups excluding carboxylic acids is 2. The molecule has 2 aromatic rings. The summed E-state index contributed by atoms with van der Waals surface area (Å²) in [6.45, 7) is 2.55. The molecule has 1 saturated heterocycles. The van der Waals surface area contributed by atoms with Crippen molar-refractivity contribution < 1.29 is 37.7 Å². The van der Waals surface area contributed by atoms with E-state index in [0.29, 0.717) is 12.1 Å². The quantitative estimate of drug-likeness (QED) is 0.561. The highest BCUT2D eigenvalue weighted by Gasteiger charge is 2.47. The Morgan fingerprint density at radius 3 is 2.40 bits per heavy atom. The molecule has 4 atom stereocenters. The summed E-state index contributed by atoms with van der Waals surface area (Å²) in [5.41, 5.74) is -2.81. The van der Waals surface area contributed by atoms with Gasteiger partial charge in [0.15, 0.2) is 11.4 Å². The number of nitrogens with one attached hydrogen (secondary N) is 1. The van der Waals surface area contributed by atoms with E-state index in [2.05, 4.69) is 5.32 Å². The molecule has 35 heavy (non-hydrogen) atoms. The Labute approximate surface area is 197 Å². The molecule has 1 aromatic heterocycles. The third-order valence-corrected chi connectivity index (χ3v) is 6.52. The summed E-state index contributed by atoms with van der Waals surface area (Å²) in [6.07, 6.45) is -0.821. The summed E-state index contributed by atoms with van der Waals surface area (Å²) in [5, 5.41) is 25.0. The predicted octanol–water partition coefficient (Wildman–Crippen LogP) is 0.419. The molecule has 0 saturated carbocycles. The fourth-order valence-corrected chi connectivity index (χ4v) is 4.47. The highest BCUT2D eigenvalue weighted by Crippen LogP contribution is 2.30. The summed E-state index contributed by atoms with van der Waals surface area (Å²) in [6, 6.07) is -0.394. The smallest absolute Gasteiger partial charge is 0.278 e. The zero-order chi connectivity index (χ0) is 25.8. The van der Waals surface area contributed by atoms with Gasteiger partial charge in [-0.3, -0.25) is 24.1 Å². The van der Waals surface area contributed by atoms with Crippen molar-refractivity contribution in [1.29, 1.82) is 0 Å². The van der Waals surface area contributed by atoms with Crippen LogP contribution in [0.4, 0.5) is 13.2 Å². The predicted molar refractivity (Wildman–Crippen MR) is 115 cm³/mol. The van der Waals surface area contributed by atoms with Crippen molar-refractivity contribution in [3.63, 3.8) is 0 Å². The zero-order valence-electron chi connectivity index (χ0n) is 19.0. The first-order valence-corrected chi connectivity index (χ1v) is 10.7. The van der Waals surface area contributed by atoms with Gasteiger partial charge < -0.3 is 25.2 Å². The van der Waals surface area contributed by atoms with Gasteiger partial charge in [0.25, 0.3) is 11.8 Å². The van der Waals surface area contributed by atoms with Crippen LogP contribution in [-0.2, 0) is 11.3 Å². The molecule has 0 spiro atoms. The normalized spacial score (nSPS) is 23.7. The molecule has 2 aliphatic rings.